The average molecular weight is 483 g/mol. The number of ether oxygens (including phenoxy) is 1. The molecule has 34 heavy (non-hydrogen) atoms. The van der Waals surface area contributed by atoms with Crippen LogP contribution in [0.5, 0.6) is 5.75 Å². The van der Waals surface area contributed by atoms with E-state index in [0.29, 0.717) is 22.8 Å². The van der Waals surface area contributed by atoms with Crippen molar-refractivity contribution in [3.8, 4) is 5.75 Å². The first kappa shape index (κ1) is 25.2. The number of benzene rings is 3. The number of rotatable bonds is 10. The van der Waals surface area contributed by atoms with Crippen LogP contribution in [-0.2, 0) is 22.6 Å². The molecule has 0 bridgehead atoms. The Morgan fingerprint density at radius 1 is 0.941 bits per heavy atom. The zero-order chi connectivity index (χ0) is 24.5. The fourth-order valence-electron chi connectivity index (χ4n) is 3.51. The van der Waals surface area contributed by atoms with Crippen LogP contribution < -0.4 is 10.1 Å². The number of amides is 2. The number of hydrogen-bond donors (Lipinski definition) is 1. The van der Waals surface area contributed by atoms with Gasteiger partial charge in [-0.1, -0.05) is 66.2 Å². The molecule has 0 spiro atoms. The van der Waals surface area contributed by atoms with Gasteiger partial charge in [0, 0.05) is 19.0 Å². The highest BCUT2D eigenvalue weighted by Crippen LogP contribution is 2.23. The summed E-state index contributed by atoms with van der Waals surface area (Å²) in [5, 5.41) is 3.31. The van der Waals surface area contributed by atoms with Crippen LogP contribution in [0.3, 0.4) is 0 Å². The molecule has 0 aliphatic carbocycles. The van der Waals surface area contributed by atoms with E-state index in [0.717, 1.165) is 5.56 Å². The maximum atomic E-state index is 13.5. The summed E-state index contributed by atoms with van der Waals surface area (Å²) < 4.78 is 19.2. The van der Waals surface area contributed by atoms with Crippen molar-refractivity contribution in [3.63, 3.8) is 0 Å². The van der Waals surface area contributed by atoms with Crippen molar-refractivity contribution < 1.29 is 18.7 Å². The second kappa shape index (κ2) is 12.2. The molecule has 0 aliphatic heterocycles. The van der Waals surface area contributed by atoms with E-state index < -0.39 is 6.04 Å². The molecule has 1 atom stereocenters. The molecule has 3 aromatic carbocycles. The molecule has 0 aliphatic rings. The summed E-state index contributed by atoms with van der Waals surface area (Å²) >= 11 is 6.16. The predicted molar refractivity (Wildman–Crippen MR) is 131 cm³/mol. The molecular weight excluding hydrogens is 455 g/mol. The predicted octanol–water partition coefficient (Wildman–Crippen LogP) is 5.02. The van der Waals surface area contributed by atoms with Crippen LogP contribution in [0, 0.1) is 5.82 Å². The van der Waals surface area contributed by atoms with Crippen LogP contribution in [0.1, 0.15) is 25.0 Å². The van der Waals surface area contributed by atoms with Gasteiger partial charge in [0.05, 0.1) is 5.02 Å². The van der Waals surface area contributed by atoms with Gasteiger partial charge in [-0.2, -0.15) is 0 Å². The monoisotopic (exact) mass is 482 g/mol. The van der Waals surface area contributed by atoms with Crippen molar-refractivity contribution >= 4 is 23.4 Å². The minimum Gasteiger partial charge on any atom is -0.482 e. The molecule has 2 amide bonds. The molecule has 0 unspecified atom stereocenters. The van der Waals surface area contributed by atoms with Crippen molar-refractivity contribution in [1.82, 2.24) is 10.2 Å². The summed E-state index contributed by atoms with van der Waals surface area (Å²) in [6.07, 6.45) is 0.318. The molecule has 7 heteroatoms. The number of carbonyl (C=O) groups is 2. The minimum absolute atomic E-state index is 0.104. The summed E-state index contributed by atoms with van der Waals surface area (Å²) in [6.45, 7) is 3.55. The van der Waals surface area contributed by atoms with Crippen LogP contribution in [0.4, 0.5) is 4.39 Å². The number of hydrogen-bond acceptors (Lipinski definition) is 3. The van der Waals surface area contributed by atoms with Crippen molar-refractivity contribution in [2.45, 2.75) is 38.9 Å². The summed E-state index contributed by atoms with van der Waals surface area (Å²) in [5.41, 5.74) is 1.61. The molecule has 0 fully saturated rings. The van der Waals surface area contributed by atoms with Gasteiger partial charge in [-0.05, 0) is 49.2 Å². The van der Waals surface area contributed by atoms with E-state index in [9.17, 15) is 14.0 Å². The Hall–Kier alpha value is -3.38. The normalized spacial score (nSPS) is 11.7. The lowest BCUT2D eigenvalue weighted by molar-refractivity contribution is -0.143. The van der Waals surface area contributed by atoms with Crippen LogP contribution in [-0.4, -0.2) is 35.4 Å². The highest BCUT2D eigenvalue weighted by Gasteiger charge is 2.31. The Balaban J connectivity index is 1.91. The van der Waals surface area contributed by atoms with Gasteiger partial charge < -0.3 is 15.0 Å². The number of carbonyl (C=O) groups excluding carboxylic acids is 2. The Morgan fingerprint density at radius 3 is 2.24 bits per heavy atom. The summed E-state index contributed by atoms with van der Waals surface area (Å²) in [7, 11) is 0. The molecule has 3 aromatic rings. The molecule has 0 heterocycles. The number of nitrogens with one attached hydrogen (secondary N) is 1. The quantitative estimate of drug-likeness (QED) is 0.441. The Kier molecular flexibility index (Phi) is 9.05. The molecule has 5 nitrogen and oxygen atoms in total. The molecular formula is C27H28ClFN2O3. The SMILES string of the molecule is CC(C)NC(=O)[C@@H](Cc1ccccc1)N(Cc1ccc(F)cc1)C(=O)COc1ccccc1Cl. The zero-order valence-corrected chi connectivity index (χ0v) is 20.0. The van der Waals surface area contributed by atoms with Gasteiger partial charge in [-0.15, -0.1) is 0 Å². The van der Waals surface area contributed by atoms with E-state index in [-0.39, 0.29) is 36.8 Å². The third-order valence-electron chi connectivity index (χ3n) is 5.16. The van der Waals surface area contributed by atoms with Crippen LogP contribution in [0.15, 0.2) is 78.9 Å². The van der Waals surface area contributed by atoms with Gasteiger partial charge in [0.2, 0.25) is 5.91 Å². The maximum Gasteiger partial charge on any atom is 0.261 e. The zero-order valence-electron chi connectivity index (χ0n) is 19.2. The summed E-state index contributed by atoms with van der Waals surface area (Å²) in [6, 6.07) is 21.3. The van der Waals surface area contributed by atoms with Crippen molar-refractivity contribution in [3.05, 3.63) is 101 Å². The lowest BCUT2D eigenvalue weighted by Gasteiger charge is -2.32. The molecule has 1 N–H and O–H groups in total. The largest absolute Gasteiger partial charge is 0.482 e. The van der Waals surface area contributed by atoms with E-state index in [1.54, 1.807) is 36.4 Å². The lowest BCUT2D eigenvalue weighted by Crippen LogP contribution is -2.52. The van der Waals surface area contributed by atoms with Crippen molar-refractivity contribution in [2.75, 3.05) is 6.61 Å². The molecule has 178 valence electrons. The second-order valence-electron chi connectivity index (χ2n) is 8.24. The van der Waals surface area contributed by atoms with Gasteiger partial charge in [0.25, 0.3) is 5.91 Å². The summed E-state index contributed by atoms with van der Waals surface area (Å²) in [4.78, 5) is 28.2. The number of para-hydroxylation sites is 1. The van der Waals surface area contributed by atoms with Crippen LogP contribution in [0.2, 0.25) is 5.02 Å². The van der Waals surface area contributed by atoms with E-state index in [1.807, 2.05) is 44.2 Å². The highest BCUT2D eigenvalue weighted by atomic mass is 35.5. The van der Waals surface area contributed by atoms with Gasteiger partial charge >= 0.3 is 0 Å². The standard InChI is InChI=1S/C27H28ClFN2O3/c1-19(2)30-27(33)24(16-20-8-4-3-5-9-20)31(17-21-12-14-22(29)15-13-21)26(32)18-34-25-11-7-6-10-23(25)28/h3-15,19,24H,16-18H2,1-2H3,(H,30,33)/t24-/m1/s1. The molecule has 0 radical (unpaired) electrons. The second-order valence-corrected chi connectivity index (χ2v) is 8.64. The van der Waals surface area contributed by atoms with E-state index in [2.05, 4.69) is 5.32 Å². The third-order valence-corrected chi connectivity index (χ3v) is 5.47. The average Bonchev–Trinajstić information content (AvgIpc) is 2.82. The highest BCUT2D eigenvalue weighted by molar-refractivity contribution is 6.32. The van der Waals surface area contributed by atoms with E-state index in [4.69, 9.17) is 16.3 Å². The van der Waals surface area contributed by atoms with Gasteiger partial charge in [-0.3, -0.25) is 9.59 Å². The van der Waals surface area contributed by atoms with Gasteiger partial charge in [-0.25, -0.2) is 4.39 Å². The first-order valence-corrected chi connectivity index (χ1v) is 11.5. The first-order valence-electron chi connectivity index (χ1n) is 11.1. The van der Waals surface area contributed by atoms with Crippen LogP contribution >= 0.6 is 11.6 Å². The topological polar surface area (TPSA) is 58.6 Å². The van der Waals surface area contributed by atoms with Crippen LogP contribution in [0.25, 0.3) is 0 Å². The van der Waals surface area contributed by atoms with Gasteiger partial charge in [0.1, 0.15) is 17.6 Å². The number of halogens is 2. The maximum absolute atomic E-state index is 13.5. The Morgan fingerprint density at radius 2 is 1.59 bits per heavy atom. The number of nitrogens with zero attached hydrogens (tertiary/aromatic N) is 1. The Bertz CT molecular complexity index is 1090. The van der Waals surface area contributed by atoms with Gasteiger partial charge in [0.15, 0.2) is 6.61 Å². The lowest BCUT2D eigenvalue weighted by atomic mass is 10.0. The minimum atomic E-state index is -0.794. The molecule has 0 saturated carbocycles. The smallest absolute Gasteiger partial charge is 0.261 e. The Labute approximate surface area is 204 Å². The fourth-order valence-corrected chi connectivity index (χ4v) is 3.70. The fraction of sp³-hybridized carbons (Fsp3) is 0.259. The molecule has 3 rings (SSSR count). The summed E-state index contributed by atoms with van der Waals surface area (Å²) in [5.74, 6) is -0.649. The van der Waals surface area contributed by atoms with Crippen molar-refractivity contribution in [1.29, 1.82) is 0 Å². The van der Waals surface area contributed by atoms with Crippen molar-refractivity contribution in [2.24, 2.45) is 0 Å². The van der Waals surface area contributed by atoms with E-state index >= 15 is 0 Å². The van der Waals surface area contributed by atoms with E-state index in [1.165, 1.54) is 17.0 Å². The third kappa shape index (κ3) is 7.32. The molecule has 0 saturated heterocycles. The first-order chi connectivity index (χ1) is 16.3. The molecule has 0 aromatic heterocycles.